The van der Waals surface area contributed by atoms with Gasteiger partial charge in [0.1, 0.15) is 17.5 Å². The van der Waals surface area contributed by atoms with Crippen LogP contribution in [0, 0.1) is 18.3 Å². The number of hydrogen-bond donors (Lipinski definition) is 3. The average Bonchev–Trinajstić information content (AvgIpc) is 3.03. The lowest BCUT2D eigenvalue weighted by molar-refractivity contribution is 0.657. The third kappa shape index (κ3) is 6.16. The lowest BCUT2D eigenvalue weighted by Gasteiger charge is -2.23. The molecule has 8 heteroatoms. The minimum Gasteiger partial charge on any atom is -0.382 e. The number of anilines is 1. The highest BCUT2D eigenvalue weighted by Crippen LogP contribution is 2.22. The average molecular weight is 414 g/mol. The maximum atomic E-state index is 9.53. The molecule has 0 radical (unpaired) electrons. The summed E-state index contributed by atoms with van der Waals surface area (Å²) in [5.74, 6) is 1.16. The fourth-order valence-corrected chi connectivity index (χ4v) is 2.93. The van der Waals surface area contributed by atoms with Gasteiger partial charge in [0.25, 0.3) is 0 Å². The molecule has 1 heterocycles. The van der Waals surface area contributed by atoms with Crippen LogP contribution < -0.4 is 16.4 Å². The van der Waals surface area contributed by atoms with Crippen LogP contribution in [0.4, 0.5) is 5.82 Å². The molecular weight excluding hydrogens is 382 g/mol. The van der Waals surface area contributed by atoms with Crippen LogP contribution >= 0.6 is 11.8 Å². The van der Waals surface area contributed by atoms with Crippen LogP contribution in [0.25, 0.3) is 5.69 Å². The molecule has 29 heavy (non-hydrogen) atoms. The van der Waals surface area contributed by atoms with Crippen LogP contribution in [-0.4, -0.2) is 46.9 Å². The molecule has 0 spiro atoms. The van der Waals surface area contributed by atoms with Gasteiger partial charge in [0, 0.05) is 24.9 Å². The Bertz CT molecular complexity index is 876. The minimum atomic E-state index is 0.139. The first-order chi connectivity index (χ1) is 13.8. The molecule has 0 aliphatic rings. The van der Waals surface area contributed by atoms with Gasteiger partial charge < -0.3 is 16.4 Å². The molecule has 0 fully saturated rings. The standard InChI is InChI=1S/C21H31N7S/c1-15-8-10-16(11-9-15)28-19(23)17(13-22)18(27-28)7-6-12-25-20(24-4)26-14-21(2,3)29-5/h8-11H,6-7,12,14,23H2,1-5H3,(H2,24,25,26). The number of aryl methyl sites for hydroxylation is 2. The van der Waals surface area contributed by atoms with Crippen molar-refractivity contribution in [2.75, 3.05) is 32.1 Å². The first-order valence-electron chi connectivity index (χ1n) is 9.65. The van der Waals surface area contributed by atoms with Gasteiger partial charge in [-0.05, 0) is 52.0 Å². The van der Waals surface area contributed by atoms with E-state index in [0.717, 1.165) is 42.4 Å². The zero-order valence-electron chi connectivity index (χ0n) is 17.9. The number of rotatable bonds is 8. The minimum absolute atomic E-state index is 0.139. The number of aromatic nitrogens is 2. The van der Waals surface area contributed by atoms with Crippen molar-refractivity contribution in [2.45, 2.75) is 38.4 Å². The van der Waals surface area contributed by atoms with Gasteiger partial charge in [-0.2, -0.15) is 22.1 Å². The SMILES string of the molecule is CN=C(NCCCc1nn(-c2ccc(C)cc2)c(N)c1C#N)NCC(C)(C)SC. The van der Waals surface area contributed by atoms with E-state index in [2.05, 4.69) is 46.9 Å². The summed E-state index contributed by atoms with van der Waals surface area (Å²) in [4.78, 5) is 4.26. The van der Waals surface area contributed by atoms with Crippen molar-refractivity contribution in [3.05, 3.63) is 41.1 Å². The molecule has 1 aromatic heterocycles. The Hall–Kier alpha value is -2.66. The monoisotopic (exact) mass is 413 g/mol. The largest absolute Gasteiger partial charge is 0.382 e. The Labute approximate surface area is 177 Å². The number of nitrogens with two attached hydrogens (primary N) is 1. The second kappa shape index (κ2) is 10.2. The van der Waals surface area contributed by atoms with Crippen LogP contribution in [-0.2, 0) is 6.42 Å². The number of guanidine groups is 1. The van der Waals surface area contributed by atoms with Gasteiger partial charge in [0.2, 0.25) is 0 Å². The van der Waals surface area contributed by atoms with Gasteiger partial charge in [-0.3, -0.25) is 4.99 Å². The van der Waals surface area contributed by atoms with Crippen LogP contribution in [0.1, 0.15) is 37.1 Å². The Morgan fingerprint density at radius 2 is 2.00 bits per heavy atom. The van der Waals surface area contributed by atoms with E-state index in [4.69, 9.17) is 5.73 Å². The third-order valence-electron chi connectivity index (χ3n) is 4.72. The van der Waals surface area contributed by atoms with Crippen molar-refractivity contribution >= 4 is 23.5 Å². The predicted octanol–water partition coefficient (Wildman–Crippen LogP) is 2.87. The normalized spacial score (nSPS) is 11.9. The van der Waals surface area contributed by atoms with E-state index in [1.54, 1.807) is 11.7 Å². The zero-order valence-corrected chi connectivity index (χ0v) is 18.7. The number of thioether (sulfide) groups is 1. The van der Waals surface area contributed by atoms with Gasteiger partial charge >= 0.3 is 0 Å². The quantitative estimate of drug-likeness (QED) is 0.349. The van der Waals surface area contributed by atoms with Crippen molar-refractivity contribution in [1.82, 2.24) is 20.4 Å². The van der Waals surface area contributed by atoms with Crippen molar-refractivity contribution in [3.8, 4) is 11.8 Å². The highest BCUT2D eigenvalue weighted by Gasteiger charge is 2.17. The predicted molar refractivity (Wildman–Crippen MR) is 123 cm³/mol. The van der Waals surface area contributed by atoms with E-state index in [1.807, 2.05) is 43.0 Å². The van der Waals surface area contributed by atoms with E-state index >= 15 is 0 Å². The number of aliphatic imine (C=N–C) groups is 1. The molecule has 1 aromatic carbocycles. The number of nitriles is 1. The van der Waals surface area contributed by atoms with Gasteiger partial charge in [-0.1, -0.05) is 17.7 Å². The third-order valence-corrected chi connectivity index (χ3v) is 5.97. The number of benzene rings is 1. The molecule has 4 N–H and O–H groups in total. The maximum Gasteiger partial charge on any atom is 0.191 e. The number of nitrogens with one attached hydrogen (secondary N) is 2. The van der Waals surface area contributed by atoms with Crippen LogP contribution in [0.15, 0.2) is 29.3 Å². The molecule has 156 valence electrons. The highest BCUT2D eigenvalue weighted by molar-refractivity contribution is 7.99. The molecule has 0 saturated heterocycles. The summed E-state index contributed by atoms with van der Waals surface area (Å²) in [5, 5.41) is 20.8. The molecule has 0 unspecified atom stereocenters. The molecule has 2 aromatic rings. The Morgan fingerprint density at radius 1 is 1.31 bits per heavy atom. The molecule has 0 aliphatic heterocycles. The fraction of sp³-hybridized carbons (Fsp3) is 0.476. The summed E-state index contributed by atoms with van der Waals surface area (Å²) in [6.45, 7) is 7.96. The smallest absolute Gasteiger partial charge is 0.191 e. The van der Waals surface area contributed by atoms with Gasteiger partial charge in [0.15, 0.2) is 5.96 Å². The summed E-state index contributed by atoms with van der Waals surface area (Å²) in [6, 6.07) is 10.1. The number of nitrogen functional groups attached to an aromatic ring is 1. The fourth-order valence-electron chi connectivity index (χ4n) is 2.71. The van der Waals surface area contributed by atoms with E-state index < -0.39 is 0 Å². The van der Waals surface area contributed by atoms with Gasteiger partial charge in [-0.25, -0.2) is 4.68 Å². The van der Waals surface area contributed by atoms with Gasteiger partial charge in [0.05, 0.1) is 11.4 Å². The molecule has 0 amide bonds. The highest BCUT2D eigenvalue weighted by atomic mass is 32.2. The van der Waals surface area contributed by atoms with Crippen LogP contribution in [0.5, 0.6) is 0 Å². The summed E-state index contributed by atoms with van der Waals surface area (Å²) >= 11 is 1.81. The first-order valence-corrected chi connectivity index (χ1v) is 10.9. The summed E-state index contributed by atoms with van der Waals surface area (Å²) in [7, 11) is 1.76. The van der Waals surface area contributed by atoms with Crippen LogP contribution in [0.2, 0.25) is 0 Å². The van der Waals surface area contributed by atoms with Gasteiger partial charge in [-0.15, -0.1) is 0 Å². The van der Waals surface area contributed by atoms with Crippen LogP contribution in [0.3, 0.4) is 0 Å². The van der Waals surface area contributed by atoms with Crippen molar-refractivity contribution in [2.24, 2.45) is 4.99 Å². The summed E-state index contributed by atoms with van der Waals surface area (Å²) in [5.41, 5.74) is 9.38. The lowest BCUT2D eigenvalue weighted by atomic mass is 10.1. The summed E-state index contributed by atoms with van der Waals surface area (Å²) < 4.78 is 1.78. The van der Waals surface area contributed by atoms with E-state index in [9.17, 15) is 5.26 Å². The lowest BCUT2D eigenvalue weighted by Crippen LogP contribution is -2.43. The maximum absolute atomic E-state index is 9.53. The topological polar surface area (TPSA) is 104 Å². The second-order valence-corrected chi connectivity index (χ2v) is 9.00. The number of nitrogens with zero attached hydrogens (tertiary/aromatic N) is 4. The second-order valence-electron chi connectivity index (χ2n) is 7.49. The van der Waals surface area contributed by atoms with Crippen molar-refractivity contribution < 1.29 is 0 Å². The van der Waals surface area contributed by atoms with E-state index in [1.165, 1.54) is 0 Å². The molecule has 0 atom stereocenters. The Morgan fingerprint density at radius 3 is 2.59 bits per heavy atom. The van der Waals surface area contributed by atoms with E-state index in [0.29, 0.717) is 17.8 Å². The summed E-state index contributed by atoms with van der Waals surface area (Å²) in [6.07, 6.45) is 3.57. The number of hydrogen-bond acceptors (Lipinski definition) is 5. The molecule has 2 rings (SSSR count). The zero-order chi connectivity index (χ0) is 21.4. The van der Waals surface area contributed by atoms with E-state index in [-0.39, 0.29) is 4.75 Å². The molecule has 0 aliphatic carbocycles. The Kier molecular flexibility index (Phi) is 7.97. The molecule has 0 saturated carbocycles. The van der Waals surface area contributed by atoms with Crippen molar-refractivity contribution in [3.63, 3.8) is 0 Å². The first kappa shape index (κ1) is 22.6. The Balaban J connectivity index is 1.96. The molecule has 0 bridgehead atoms. The molecule has 7 nitrogen and oxygen atoms in total. The van der Waals surface area contributed by atoms with Crippen molar-refractivity contribution in [1.29, 1.82) is 5.26 Å². The molecular formula is C21H31N7S.